The van der Waals surface area contributed by atoms with Crippen LogP contribution in [-0.4, -0.2) is 24.6 Å². The molecular weight excluding hydrogens is 242 g/mol. The minimum Gasteiger partial charge on any atom is -0.348 e. The molecule has 2 rings (SSSR count). The molecule has 2 heterocycles. The highest BCUT2D eigenvalue weighted by atomic mass is 32.1. The summed E-state index contributed by atoms with van der Waals surface area (Å²) >= 11 is 1.86. The van der Waals surface area contributed by atoms with E-state index in [0.29, 0.717) is 0 Å². The molecule has 0 bridgehead atoms. The van der Waals surface area contributed by atoms with Crippen LogP contribution in [0.4, 0.5) is 5.13 Å². The Bertz CT molecular complexity index is 378. The molecule has 0 amide bonds. The molecule has 0 aromatic carbocycles. The van der Waals surface area contributed by atoms with E-state index in [1.54, 1.807) is 0 Å². The Morgan fingerprint density at radius 1 is 1.33 bits per heavy atom. The van der Waals surface area contributed by atoms with E-state index in [-0.39, 0.29) is 0 Å². The van der Waals surface area contributed by atoms with Crippen LogP contribution in [0.1, 0.15) is 37.8 Å². The van der Waals surface area contributed by atoms with Crippen molar-refractivity contribution in [3.05, 3.63) is 10.6 Å². The maximum atomic E-state index is 4.76. The lowest BCUT2D eigenvalue weighted by Gasteiger charge is -2.34. The van der Waals surface area contributed by atoms with Crippen LogP contribution in [0.3, 0.4) is 0 Å². The third-order valence-electron chi connectivity index (χ3n) is 3.56. The van der Waals surface area contributed by atoms with Crippen LogP contribution in [0.15, 0.2) is 0 Å². The minimum atomic E-state index is 0.787. The van der Waals surface area contributed by atoms with Gasteiger partial charge in [0, 0.05) is 24.5 Å². The summed E-state index contributed by atoms with van der Waals surface area (Å²) in [6, 6.07) is 0. The predicted molar refractivity (Wildman–Crippen MR) is 79.4 cm³/mol. The average molecular weight is 267 g/mol. The third kappa shape index (κ3) is 3.23. The smallest absolute Gasteiger partial charge is 0.185 e. The van der Waals surface area contributed by atoms with Gasteiger partial charge in [-0.3, -0.25) is 0 Å². The standard InChI is InChI=1S/C14H25N3S/c1-5-15-7-13-12(4)16-14(18-13)17-8-10(2)6-11(3)9-17/h10-11,15H,5-9H2,1-4H3. The topological polar surface area (TPSA) is 28.2 Å². The van der Waals surface area contributed by atoms with Crippen LogP contribution < -0.4 is 10.2 Å². The van der Waals surface area contributed by atoms with Crippen molar-refractivity contribution in [2.24, 2.45) is 11.8 Å². The molecule has 1 aliphatic rings. The maximum Gasteiger partial charge on any atom is 0.185 e. The number of piperidine rings is 1. The Morgan fingerprint density at radius 2 is 2.00 bits per heavy atom. The van der Waals surface area contributed by atoms with Crippen LogP contribution in [0.2, 0.25) is 0 Å². The molecule has 1 aromatic heterocycles. The number of nitrogens with one attached hydrogen (secondary N) is 1. The van der Waals surface area contributed by atoms with E-state index in [2.05, 4.69) is 37.9 Å². The summed E-state index contributed by atoms with van der Waals surface area (Å²) in [5.74, 6) is 1.57. The second-order valence-corrected chi connectivity index (χ2v) is 6.70. The molecule has 102 valence electrons. The van der Waals surface area contributed by atoms with Gasteiger partial charge in [-0.1, -0.05) is 20.8 Å². The van der Waals surface area contributed by atoms with Crippen LogP contribution in [0, 0.1) is 18.8 Å². The normalized spacial score (nSPS) is 24.6. The highest BCUT2D eigenvalue weighted by Gasteiger charge is 2.24. The summed E-state index contributed by atoms with van der Waals surface area (Å²) < 4.78 is 0. The van der Waals surface area contributed by atoms with Gasteiger partial charge in [-0.2, -0.15) is 0 Å². The second kappa shape index (κ2) is 6.02. The van der Waals surface area contributed by atoms with Crippen LogP contribution >= 0.6 is 11.3 Å². The lowest BCUT2D eigenvalue weighted by Crippen LogP contribution is -2.38. The van der Waals surface area contributed by atoms with Crippen LogP contribution in [0.25, 0.3) is 0 Å². The van der Waals surface area contributed by atoms with Gasteiger partial charge in [0.25, 0.3) is 0 Å². The summed E-state index contributed by atoms with van der Waals surface area (Å²) in [5, 5.41) is 4.61. The van der Waals surface area contributed by atoms with Gasteiger partial charge in [-0.15, -0.1) is 11.3 Å². The van der Waals surface area contributed by atoms with Crippen LogP contribution in [-0.2, 0) is 6.54 Å². The molecule has 2 unspecified atom stereocenters. The van der Waals surface area contributed by atoms with Gasteiger partial charge in [0.1, 0.15) is 0 Å². The first kappa shape index (κ1) is 13.8. The van der Waals surface area contributed by atoms with E-state index < -0.39 is 0 Å². The molecule has 2 atom stereocenters. The molecule has 18 heavy (non-hydrogen) atoms. The fourth-order valence-electron chi connectivity index (χ4n) is 2.77. The highest BCUT2D eigenvalue weighted by Crippen LogP contribution is 2.31. The number of aromatic nitrogens is 1. The Labute approximate surface area is 115 Å². The van der Waals surface area contributed by atoms with Crippen molar-refractivity contribution in [2.45, 2.75) is 40.7 Å². The first-order valence-electron chi connectivity index (χ1n) is 7.02. The zero-order valence-corrected chi connectivity index (χ0v) is 12.8. The van der Waals surface area contributed by atoms with Gasteiger partial charge < -0.3 is 10.2 Å². The van der Waals surface area contributed by atoms with E-state index in [0.717, 1.165) is 38.0 Å². The fraction of sp³-hybridized carbons (Fsp3) is 0.786. The first-order valence-corrected chi connectivity index (χ1v) is 7.83. The Kier molecular flexibility index (Phi) is 4.62. The Hall–Kier alpha value is -0.610. The van der Waals surface area contributed by atoms with Gasteiger partial charge >= 0.3 is 0 Å². The number of nitrogens with zero attached hydrogens (tertiary/aromatic N) is 2. The second-order valence-electron chi connectivity index (χ2n) is 5.64. The van der Waals surface area contributed by atoms with Crippen molar-refractivity contribution in [1.29, 1.82) is 0 Å². The average Bonchev–Trinajstić information content (AvgIpc) is 2.67. The van der Waals surface area contributed by atoms with Crippen molar-refractivity contribution in [2.75, 3.05) is 24.5 Å². The number of hydrogen-bond acceptors (Lipinski definition) is 4. The zero-order chi connectivity index (χ0) is 13.1. The molecule has 0 saturated carbocycles. The van der Waals surface area contributed by atoms with E-state index in [9.17, 15) is 0 Å². The fourth-order valence-corrected chi connectivity index (χ4v) is 3.82. The molecule has 1 saturated heterocycles. The van der Waals surface area contributed by atoms with Crippen molar-refractivity contribution >= 4 is 16.5 Å². The summed E-state index contributed by atoms with van der Waals surface area (Å²) in [4.78, 5) is 8.63. The van der Waals surface area contributed by atoms with Crippen molar-refractivity contribution in [3.63, 3.8) is 0 Å². The molecule has 0 aliphatic carbocycles. The van der Waals surface area contributed by atoms with Crippen molar-refractivity contribution < 1.29 is 0 Å². The molecule has 1 aromatic rings. The molecule has 1 aliphatic heterocycles. The highest BCUT2D eigenvalue weighted by molar-refractivity contribution is 7.15. The molecule has 3 nitrogen and oxygen atoms in total. The maximum absolute atomic E-state index is 4.76. The summed E-state index contributed by atoms with van der Waals surface area (Å²) in [6.45, 7) is 13.3. The minimum absolute atomic E-state index is 0.787. The molecular formula is C14H25N3S. The molecule has 4 heteroatoms. The number of thiazole rings is 1. The predicted octanol–water partition coefficient (Wildman–Crippen LogP) is 3.04. The summed E-state index contributed by atoms with van der Waals surface area (Å²) in [5.41, 5.74) is 1.20. The lowest BCUT2D eigenvalue weighted by molar-refractivity contribution is 0.356. The van der Waals surface area contributed by atoms with Crippen molar-refractivity contribution in [3.8, 4) is 0 Å². The Morgan fingerprint density at radius 3 is 2.61 bits per heavy atom. The molecule has 1 N–H and O–H groups in total. The third-order valence-corrected chi connectivity index (χ3v) is 4.77. The quantitative estimate of drug-likeness (QED) is 0.909. The van der Waals surface area contributed by atoms with Crippen molar-refractivity contribution in [1.82, 2.24) is 10.3 Å². The first-order chi connectivity index (χ1) is 8.60. The largest absolute Gasteiger partial charge is 0.348 e. The number of rotatable bonds is 4. The van der Waals surface area contributed by atoms with E-state index in [1.165, 1.54) is 22.1 Å². The van der Waals surface area contributed by atoms with E-state index >= 15 is 0 Å². The SMILES string of the molecule is CCNCc1sc(N2CC(C)CC(C)C2)nc1C. The lowest BCUT2D eigenvalue weighted by atomic mass is 9.92. The zero-order valence-electron chi connectivity index (χ0n) is 12.0. The Balaban J connectivity index is 2.08. The van der Waals surface area contributed by atoms with Crippen LogP contribution in [0.5, 0.6) is 0 Å². The summed E-state index contributed by atoms with van der Waals surface area (Å²) in [7, 11) is 0. The number of hydrogen-bond donors (Lipinski definition) is 1. The van der Waals surface area contributed by atoms with Gasteiger partial charge in [0.2, 0.25) is 0 Å². The summed E-state index contributed by atoms with van der Waals surface area (Å²) in [6.07, 6.45) is 1.35. The van der Waals surface area contributed by atoms with Gasteiger partial charge in [-0.25, -0.2) is 4.98 Å². The monoisotopic (exact) mass is 267 g/mol. The number of anilines is 1. The molecule has 0 spiro atoms. The molecule has 1 fully saturated rings. The van der Waals surface area contributed by atoms with Gasteiger partial charge in [0.05, 0.1) is 5.69 Å². The number of aryl methyl sites for hydroxylation is 1. The van der Waals surface area contributed by atoms with E-state index in [4.69, 9.17) is 4.98 Å². The van der Waals surface area contributed by atoms with E-state index in [1.807, 2.05) is 11.3 Å². The van der Waals surface area contributed by atoms with Gasteiger partial charge in [-0.05, 0) is 31.7 Å². The van der Waals surface area contributed by atoms with Gasteiger partial charge in [0.15, 0.2) is 5.13 Å². The molecule has 0 radical (unpaired) electrons.